The third kappa shape index (κ3) is 7.18. The Kier molecular flexibility index (Phi) is 8.66. The summed E-state index contributed by atoms with van der Waals surface area (Å²) in [6.45, 7) is 3.13. The first-order valence-corrected chi connectivity index (χ1v) is 10.7. The van der Waals surface area contributed by atoms with Gasteiger partial charge in [-0.2, -0.15) is 0 Å². The quantitative estimate of drug-likeness (QED) is 0.571. The molecule has 3 rings (SSSR count). The zero-order valence-electron chi connectivity index (χ0n) is 17.5. The number of carbonyl (C=O) groups excluding carboxylic acids is 1. The number of benzene rings is 2. The lowest BCUT2D eigenvalue weighted by Gasteiger charge is -2.33. The number of aliphatic hydroxyl groups is 1. The van der Waals surface area contributed by atoms with Crippen molar-refractivity contribution in [1.29, 1.82) is 0 Å². The Hall–Kier alpha value is -2.19. The molecule has 0 amide bonds. The van der Waals surface area contributed by atoms with Crippen LogP contribution in [0.3, 0.4) is 0 Å². The number of carbonyl (C=O) groups is 1. The van der Waals surface area contributed by atoms with Crippen LogP contribution in [0.2, 0.25) is 5.02 Å². The third-order valence-electron chi connectivity index (χ3n) is 5.33. The van der Waals surface area contributed by atoms with Gasteiger partial charge in [0.15, 0.2) is 0 Å². The topological polar surface area (TPSA) is 71.0 Å². The Morgan fingerprint density at radius 2 is 1.97 bits per heavy atom. The van der Waals surface area contributed by atoms with Crippen molar-refractivity contribution in [2.45, 2.75) is 31.5 Å². The van der Waals surface area contributed by atoms with E-state index in [2.05, 4.69) is 15.0 Å². The first-order chi connectivity index (χ1) is 14.9. The summed E-state index contributed by atoms with van der Waals surface area (Å²) in [7, 11) is 1.25. The lowest BCUT2D eigenvalue weighted by molar-refractivity contribution is 0.0587. The second-order valence-corrected chi connectivity index (χ2v) is 8.12. The van der Waals surface area contributed by atoms with Gasteiger partial charge in [-0.25, -0.2) is 9.18 Å². The second kappa shape index (κ2) is 11.4. The van der Waals surface area contributed by atoms with Crippen molar-refractivity contribution < 1.29 is 23.8 Å². The van der Waals surface area contributed by atoms with Gasteiger partial charge in [0.2, 0.25) is 0 Å². The smallest absolute Gasteiger partial charge is 0.341 e. The van der Waals surface area contributed by atoms with Crippen molar-refractivity contribution >= 4 is 17.6 Å². The molecule has 1 aliphatic rings. The van der Waals surface area contributed by atoms with Crippen molar-refractivity contribution in [3.63, 3.8) is 0 Å². The van der Waals surface area contributed by atoms with Crippen molar-refractivity contribution in [2.24, 2.45) is 0 Å². The van der Waals surface area contributed by atoms with E-state index in [-0.39, 0.29) is 17.9 Å². The maximum absolute atomic E-state index is 13.5. The molecule has 6 nitrogen and oxygen atoms in total. The Morgan fingerprint density at radius 1 is 1.26 bits per heavy atom. The first kappa shape index (κ1) is 23.5. The summed E-state index contributed by atoms with van der Waals surface area (Å²) >= 11 is 5.94. The third-order valence-corrected chi connectivity index (χ3v) is 5.58. The van der Waals surface area contributed by atoms with Gasteiger partial charge in [0.25, 0.3) is 0 Å². The SMILES string of the molecule is COC(=O)c1ccc(F)cc1OC[C@H](O)CNC1CCN(Cc2ccc(Cl)cc2)CC1. The largest absolute Gasteiger partial charge is 0.490 e. The number of ether oxygens (including phenoxy) is 2. The molecule has 2 aromatic carbocycles. The molecule has 0 unspecified atom stereocenters. The number of nitrogens with one attached hydrogen (secondary N) is 1. The average Bonchev–Trinajstić information content (AvgIpc) is 2.78. The number of methoxy groups -OCH3 is 1. The van der Waals surface area contributed by atoms with Gasteiger partial charge in [-0.05, 0) is 55.8 Å². The van der Waals surface area contributed by atoms with Crippen LogP contribution < -0.4 is 10.1 Å². The van der Waals surface area contributed by atoms with Gasteiger partial charge in [0, 0.05) is 30.2 Å². The molecule has 0 radical (unpaired) electrons. The molecule has 1 heterocycles. The normalized spacial score (nSPS) is 16.1. The number of piperidine rings is 1. The average molecular weight is 451 g/mol. The summed E-state index contributed by atoms with van der Waals surface area (Å²) in [5, 5.41) is 14.4. The molecule has 2 N–H and O–H groups in total. The van der Waals surface area contributed by atoms with Crippen molar-refractivity contribution in [1.82, 2.24) is 10.2 Å². The summed E-state index contributed by atoms with van der Waals surface area (Å²) in [5.41, 5.74) is 1.36. The van der Waals surface area contributed by atoms with E-state index in [9.17, 15) is 14.3 Å². The minimum Gasteiger partial charge on any atom is -0.490 e. The molecule has 0 aromatic heterocycles. The van der Waals surface area contributed by atoms with Gasteiger partial charge in [-0.1, -0.05) is 23.7 Å². The fourth-order valence-electron chi connectivity index (χ4n) is 3.59. The standard InChI is InChI=1S/C23H28ClFN2O4/c1-30-23(29)21-7-6-18(25)12-22(21)31-15-20(28)13-26-19-8-10-27(11-9-19)14-16-2-4-17(24)5-3-16/h2-7,12,19-20,26,28H,8-11,13-15H2,1H3/t20-/m1/s1. The highest BCUT2D eigenvalue weighted by molar-refractivity contribution is 6.30. The van der Waals surface area contributed by atoms with Gasteiger partial charge >= 0.3 is 5.97 Å². The molecule has 1 fully saturated rings. The Bertz CT molecular complexity index is 857. The Labute approximate surface area is 186 Å². The zero-order chi connectivity index (χ0) is 22.2. The first-order valence-electron chi connectivity index (χ1n) is 10.3. The van der Waals surface area contributed by atoms with Crippen LogP contribution in [0.4, 0.5) is 4.39 Å². The van der Waals surface area contributed by atoms with E-state index in [0.29, 0.717) is 12.6 Å². The van der Waals surface area contributed by atoms with Gasteiger partial charge in [-0.15, -0.1) is 0 Å². The zero-order valence-corrected chi connectivity index (χ0v) is 18.3. The number of halogens is 2. The molecular weight excluding hydrogens is 423 g/mol. The fourth-order valence-corrected chi connectivity index (χ4v) is 3.71. The second-order valence-electron chi connectivity index (χ2n) is 7.68. The van der Waals surface area contributed by atoms with Crippen LogP contribution in [0.5, 0.6) is 5.75 Å². The number of esters is 1. The van der Waals surface area contributed by atoms with Gasteiger partial charge in [-0.3, -0.25) is 4.90 Å². The van der Waals surface area contributed by atoms with Crippen molar-refractivity contribution in [3.05, 3.63) is 64.4 Å². The van der Waals surface area contributed by atoms with Gasteiger partial charge in [0.05, 0.1) is 7.11 Å². The van der Waals surface area contributed by atoms with E-state index in [1.165, 1.54) is 18.7 Å². The molecule has 0 bridgehead atoms. The van der Waals surface area contributed by atoms with Crippen LogP contribution in [-0.4, -0.2) is 61.5 Å². The Morgan fingerprint density at radius 3 is 2.65 bits per heavy atom. The highest BCUT2D eigenvalue weighted by Gasteiger charge is 2.20. The van der Waals surface area contributed by atoms with E-state index in [1.807, 2.05) is 24.3 Å². The van der Waals surface area contributed by atoms with E-state index in [4.69, 9.17) is 16.3 Å². The molecule has 168 valence electrons. The van der Waals surface area contributed by atoms with Crippen LogP contribution in [0.25, 0.3) is 0 Å². The molecule has 1 aliphatic heterocycles. The molecule has 0 spiro atoms. The maximum atomic E-state index is 13.5. The molecule has 1 saturated heterocycles. The van der Waals surface area contributed by atoms with Crippen LogP contribution in [0, 0.1) is 5.82 Å². The minimum absolute atomic E-state index is 0.0569. The van der Waals surface area contributed by atoms with E-state index in [0.717, 1.165) is 49.6 Å². The minimum atomic E-state index is -0.791. The summed E-state index contributed by atoms with van der Waals surface area (Å²) < 4.78 is 23.7. The summed E-state index contributed by atoms with van der Waals surface area (Å²) in [4.78, 5) is 14.2. The van der Waals surface area contributed by atoms with E-state index in [1.54, 1.807) is 0 Å². The van der Waals surface area contributed by atoms with E-state index >= 15 is 0 Å². The number of nitrogens with zero attached hydrogens (tertiary/aromatic N) is 1. The molecular formula is C23H28ClFN2O4. The summed E-state index contributed by atoms with van der Waals surface area (Å²) in [6, 6.07) is 11.8. The van der Waals surface area contributed by atoms with Crippen LogP contribution >= 0.6 is 11.6 Å². The molecule has 31 heavy (non-hydrogen) atoms. The van der Waals surface area contributed by atoms with Crippen LogP contribution in [0.15, 0.2) is 42.5 Å². The summed E-state index contributed by atoms with van der Waals surface area (Å²) in [6.07, 6.45) is 1.18. The number of hydrogen-bond donors (Lipinski definition) is 2. The monoisotopic (exact) mass is 450 g/mol. The lowest BCUT2D eigenvalue weighted by atomic mass is 10.0. The van der Waals surface area contributed by atoms with Crippen LogP contribution in [-0.2, 0) is 11.3 Å². The van der Waals surface area contributed by atoms with Gasteiger partial charge < -0.3 is 19.9 Å². The molecule has 0 aliphatic carbocycles. The lowest BCUT2D eigenvalue weighted by Crippen LogP contribution is -2.45. The molecule has 1 atom stereocenters. The van der Waals surface area contributed by atoms with Crippen molar-refractivity contribution in [3.8, 4) is 5.75 Å². The number of aliphatic hydroxyl groups excluding tert-OH is 1. The number of rotatable bonds is 9. The highest BCUT2D eigenvalue weighted by Crippen LogP contribution is 2.21. The predicted octanol–water partition coefficient (Wildman–Crippen LogP) is 3.26. The summed E-state index contributed by atoms with van der Waals surface area (Å²) in [5.74, 6) is -1.09. The molecule has 0 saturated carbocycles. The number of hydrogen-bond acceptors (Lipinski definition) is 6. The van der Waals surface area contributed by atoms with Gasteiger partial charge in [0.1, 0.15) is 29.8 Å². The van der Waals surface area contributed by atoms with Crippen molar-refractivity contribution in [2.75, 3.05) is 33.4 Å². The maximum Gasteiger partial charge on any atom is 0.341 e. The number of likely N-dealkylation sites (tertiary alicyclic amines) is 1. The highest BCUT2D eigenvalue weighted by atomic mass is 35.5. The predicted molar refractivity (Wildman–Crippen MR) is 117 cm³/mol. The van der Waals surface area contributed by atoms with Crippen LogP contribution in [0.1, 0.15) is 28.8 Å². The fraction of sp³-hybridized carbons (Fsp3) is 0.435. The molecule has 8 heteroatoms. The van der Waals surface area contributed by atoms with E-state index < -0.39 is 17.9 Å². The molecule has 2 aromatic rings. The Balaban J connectivity index is 1.39.